The summed E-state index contributed by atoms with van der Waals surface area (Å²) in [5, 5.41) is 21.1. The number of hydrogen-bond acceptors (Lipinski definition) is 8. The van der Waals surface area contributed by atoms with Crippen LogP contribution in [0.5, 0.6) is 5.75 Å². The van der Waals surface area contributed by atoms with Crippen LogP contribution in [0.25, 0.3) is 21.5 Å². The molecule has 0 atom stereocenters. The molecule has 0 bridgehead atoms. The van der Waals surface area contributed by atoms with E-state index in [1.165, 1.54) is 18.2 Å². The Morgan fingerprint density at radius 1 is 0.750 bits per heavy atom. The van der Waals surface area contributed by atoms with E-state index < -0.39 is 30.0 Å². The molecule has 0 aliphatic heterocycles. The summed E-state index contributed by atoms with van der Waals surface area (Å²) in [5.41, 5.74) is 0.147. The van der Waals surface area contributed by atoms with Crippen LogP contribution in [0, 0.1) is 0 Å². The van der Waals surface area contributed by atoms with E-state index in [2.05, 4.69) is 10.2 Å². The second-order valence-electron chi connectivity index (χ2n) is 6.55. The number of azo groups is 1. The SMILES string of the molecule is O=S(=O)([O-])c1ccc(S(=O)(=O)O)c2cc(N=Nc3c([O-])ccc4ccccc34)ccc12.[Mn+2]. The topological polar surface area (TPSA) is 159 Å². The first kappa shape index (κ1) is 23.8. The zero-order valence-electron chi connectivity index (χ0n) is 15.8. The van der Waals surface area contributed by atoms with Crippen molar-refractivity contribution in [1.29, 1.82) is 0 Å². The van der Waals surface area contributed by atoms with Gasteiger partial charge in [-0.15, -0.1) is 0 Å². The molecule has 4 aromatic rings. The van der Waals surface area contributed by atoms with Gasteiger partial charge in [-0.2, -0.15) is 18.6 Å². The predicted molar refractivity (Wildman–Crippen MR) is 109 cm³/mol. The Balaban J connectivity index is 0.00000289. The van der Waals surface area contributed by atoms with E-state index in [1.54, 1.807) is 30.3 Å². The molecule has 4 aromatic carbocycles. The van der Waals surface area contributed by atoms with Gasteiger partial charge in [-0.1, -0.05) is 48.2 Å². The maximum atomic E-state index is 12.2. The van der Waals surface area contributed by atoms with Gasteiger partial charge in [-0.25, -0.2) is 8.42 Å². The van der Waals surface area contributed by atoms with E-state index in [9.17, 15) is 31.0 Å². The van der Waals surface area contributed by atoms with E-state index >= 15 is 0 Å². The summed E-state index contributed by atoms with van der Waals surface area (Å²) in [7, 11) is -9.64. The van der Waals surface area contributed by atoms with Crippen molar-refractivity contribution in [3.8, 4) is 5.75 Å². The Labute approximate surface area is 193 Å². The Hall–Kier alpha value is -2.86. The van der Waals surface area contributed by atoms with Crippen molar-refractivity contribution in [3.05, 3.63) is 66.7 Å². The van der Waals surface area contributed by atoms with Gasteiger partial charge in [0.2, 0.25) is 0 Å². The normalized spacial score (nSPS) is 12.3. The standard InChI is InChI=1S/C20H14N2O7S2.Mn/c23-17-8-5-12-3-1-2-4-14(12)20(17)22-21-13-6-7-15-16(11-13)19(31(27,28)29)10-9-18(15)30(24,25)26;/h1-11,23H,(H,24,25,26)(H,27,28,29);/q;+2/p-2. The number of rotatable bonds is 4. The van der Waals surface area contributed by atoms with Crippen LogP contribution < -0.4 is 5.11 Å². The minimum Gasteiger partial charge on any atom is -0.871 e. The van der Waals surface area contributed by atoms with Crippen LogP contribution in [0.2, 0.25) is 0 Å². The van der Waals surface area contributed by atoms with Crippen molar-refractivity contribution in [3.63, 3.8) is 0 Å². The van der Waals surface area contributed by atoms with Crippen LogP contribution >= 0.6 is 0 Å². The fraction of sp³-hybridized carbons (Fsp3) is 0. The average molecular weight is 511 g/mol. The Morgan fingerprint density at radius 3 is 2.12 bits per heavy atom. The zero-order valence-corrected chi connectivity index (χ0v) is 18.6. The molecular formula is C20H12MnN2O7S2. The van der Waals surface area contributed by atoms with Crippen LogP contribution in [0.1, 0.15) is 0 Å². The van der Waals surface area contributed by atoms with E-state index in [0.717, 1.165) is 23.6 Å². The van der Waals surface area contributed by atoms with Gasteiger partial charge in [-0.3, -0.25) is 4.55 Å². The molecule has 0 aromatic heterocycles. The van der Waals surface area contributed by atoms with Gasteiger partial charge in [0, 0.05) is 16.2 Å². The third kappa shape index (κ3) is 4.51. The molecule has 0 heterocycles. The molecule has 0 saturated heterocycles. The van der Waals surface area contributed by atoms with Crippen molar-refractivity contribution in [2.45, 2.75) is 9.79 Å². The molecule has 0 amide bonds. The molecule has 9 nitrogen and oxygen atoms in total. The summed E-state index contributed by atoms with van der Waals surface area (Å²) in [6, 6.07) is 15.3. The average Bonchev–Trinajstić information content (AvgIpc) is 2.70. The minimum atomic E-state index is -4.91. The first-order valence-electron chi connectivity index (χ1n) is 8.66. The van der Waals surface area contributed by atoms with E-state index in [-0.39, 0.29) is 45.0 Å². The van der Waals surface area contributed by atoms with Crippen LogP contribution in [0.3, 0.4) is 0 Å². The van der Waals surface area contributed by atoms with Crippen LogP contribution in [-0.4, -0.2) is 25.9 Å². The second kappa shape index (κ2) is 8.58. The molecule has 0 fully saturated rings. The molecule has 12 heteroatoms. The quantitative estimate of drug-likeness (QED) is 0.249. The third-order valence-electron chi connectivity index (χ3n) is 4.60. The molecular weight excluding hydrogens is 499 g/mol. The number of nitrogens with zero attached hydrogens (tertiary/aromatic N) is 2. The fourth-order valence-corrected chi connectivity index (χ4v) is 4.60. The molecule has 0 spiro atoms. The Morgan fingerprint density at radius 2 is 1.44 bits per heavy atom. The molecule has 0 saturated carbocycles. The maximum Gasteiger partial charge on any atom is 2.00 e. The van der Waals surface area contributed by atoms with Crippen LogP contribution in [-0.2, 0) is 37.3 Å². The molecule has 1 N–H and O–H groups in total. The number of benzene rings is 4. The van der Waals surface area contributed by atoms with Gasteiger partial charge in [0.15, 0.2) is 0 Å². The zero-order chi connectivity index (χ0) is 22.4. The van der Waals surface area contributed by atoms with Gasteiger partial charge >= 0.3 is 17.1 Å². The van der Waals surface area contributed by atoms with Gasteiger partial charge in [0.25, 0.3) is 10.1 Å². The van der Waals surface area contributed by atoms with Crippen LogP contribution in [0.4, 0.5) is 11.4 Å². The van der Waals surface area contributed by atoms with Crippen molar-refractivity contribution >= 4 is 53.2 Å². The summed E-state index contributed by atoms with van der Waals surface area (Å²) in [5.74, 6) is -0.374. The van der Waals surface area contributed by atoms with Gasteiger partial charge < -0.3 is 9.66 Å². The number of fused-ring (bicyclic) bond motifs is 2. The molecule has 32 heavy (non-hydrogen) atoms. The number of hydrogen-bond donors (Lipinski definition) is 1. The predicted octanol–water partition coefficient (Wildman–Crippen LogP) is 3.63. The summed E-state index contributed by atoms with van der Waals surface area (Å²) in [4.78, 5) is -1.24. The fourth-order valence-electron chi connectivity index (χ4n) is 3.23. The second-order valence-corrected chi connectivity index (χ2v) is 9.29. The van der Waals surface area contributed by atoms with Crippen molar-refractivity contribution in [1.82, 2.24) is 0 Å². The smallest absolute Gasteiger partial charge is 0.871 e. The van der Waals surface area contributed by atoms with E-state index in [1.807, 2.05) is 0 Å². The molecule has 0 unspecified atom stereocenters. The summed E-state index contributed by atoms with van der Waals surface area (Å²) in [6.07, 6.45) is 0. The van der Waals surface area contributed by atoms with Crippen LogP contribution in [0.15, 0.2) is 86.7 Å². The first-order valence-corrected chi connectivity index (χ1v) is 11.5. The summed E-state index contributed by atoms with van der Waals surface area (Å²) < 4.78 is 67.5. The van der Waals surface area contributed by atoms with E-state index in [0.29, 0.717) is 5.39 Å². The largest absolute Gasteiger partial charge is 2.00 e. The molecule has 163 valence electrons. The molecule has 0 aliphatic rings. The van der Waals surface area contributed by atoms with Crippen molar-refractivity contribution in [2.24, 2.45) is 10.2 Å². The first-order chi connectivity index (χ1) is 14.6. The monoisotopic (exact) mass is 511 g/mol. The summed E-state index contributed by atoms with van der Waals surface area (Å²) in [6.45, 7) is 0. The Kier molecular flexibility index (Phi) is 6.38. The van der Waals surface area contributed by atoms with Gasteiger partial charge in [0.05, 0.1) is 16.3 Å². The molecule has 1 radical (unpaired) electrons. The molecule has 4 rings (SSSR count). The molecule has 0 aliphatic carbocycles. The van der Waals surface area contributed by atoms with E-state index in [4.69, 9.17) is 0 Å². The van der Waals surface area contributed by atoms with Crippen molar-refractivity contribution < 1.29 is 48.1 Å². The van der Waals surface area contributed by atoms with Crippen molar-refractivity contribution in [2.75, 3.05) is 0 Å². The summed E-state index contributed by atoms with van der Waals surface area (Å²) >= 11 is 0. The Bertz CT molecular complexity index is 1600. The maximum absolute atomic E-state index is 12.2. The minimum absolute atomic E-state index is 0. The third-order valence-corrected chi connectivity index (χ3v) is 6.40. The van der Waals surface area contributed by atoms with Gasteiger partial charge in [0.1, 0.15) is 15.0 Å². The van der Waals surface area contributed by atoms with Gasteiger partial charge in [-0.05, 0) is 29.7 Å².